The lowest BCUT2D eigenvalue weighted by Crippen LogP contribution is -2.54. The quantitative estimate of drug-likeness (QED) is 0.0538. The smallest absolute Gasteiger partial charge is 0.410 e. The molecule has 6 aliphatic rings. The van der Waals surface area contributed by atoms with Crippen molar-refractivity contribution in [2.45, 2.75) is 200 Å². The fraction of sp³-hybridized carbons (Fsp3) is 0.648. The summed E-state index contributed by atoms with van der Waals surface area (Å²) in [5, 5.41) is 25.5. The summed E-state index contributed by atoms with van der Waals surface area (Å²) >= 11 is 20.2. The molecule has 532 valence electrons. The number of nitrogens with one attached hydrogen (secondary N) is 2. The van der Waals surface area contributed by atoms with E-state index in [9.17, 15) is 19.2 Å². The van der Waals surface area contributed by atoms with Crippen molar-refractivity contribution >= 4 is 91.3 Å². The van der Waals surface area contributed by atoms with E-state index in [-0.39, 0.29) is 60.5 Å². The molecule has 23 nitrogen and oxygen atoms in total. The number of rotatable bonds is 24. The van der Waals surface area contributed by atoms with Gasteiger partial charge in [0.15, 0.2) is 6.10 Å². The van der Waals surface area contributed by atoms with Crippen molar-refractivity contribution in [1.29, 1.82) is 0 Å². The standard InChI is InChI=1S/C27H39ClN4O5.2C22H31ClN4O3/c1-17-24-21(28)14-19(15-22(24)31(29-17)10-7-12-35-6)18(2)32(20-8-9-20)25(33)23-16-30(11-13-36-23)26(34)37-27(3,4)5;2*1-14-21-18(23)11-16(12-19(21)26(25-14)8-4-9-29-3)15(2)27(17-5-6-17)22(28)20-13-24-7-10-30-20/h14-15,18,20,23H,7-13,16H2,1-6H3;2*11-12,15,17,20,24H,4-10,13H2,1-3H3/t18?,23-;15-,20+;15-,20-/m101/s1. The molecule has 97 heavy (non-hydrogen) atoms. The second-order valence-electron chi connectivity index (χ2n) is 27.5. The largest absolute Gasteiger partial charge is 0.444 e. The second kappa shape index (κ2) is 33.2. The molecule has 6 fully saturated rings. The van der Waals surface area contributed by atoms with Gasteiger partial charge in [-0.15, -0.1) is 0 Å². The van der Waals surface area contributed by atoms with E-state index in [1.54, 1.807) is 26.2 Å². The number of carbonyl (C=O) groups is 4. The van der Waals surface area contributed by atoms with Gasteiger partial charge < -0.3 is 63.4 Å². The van der Waals surface area contributed by atoms with Crippen LogP contribution >= 0.6 is 34.8 Å². The predicted octanol–water partition coefficient (Wildman–Crippen LogP) is 10.9. The molecule has 1 unspecified atom stereocenters. The number of morpholine rings is 3. The topological polar surface area (TPSA) is 223 Å². The number of carbonyl (C=O) groups excluding carboxylic acids is 4. The Bertz CT molecular complexity index is 3550. The van der Waals surface area contributed by atoms with Crippen molar-refractivity contribution < 1.29 is 52.3 Å². The number of benzene rings is 3. The molecule has 3 saturated carbocycles. The van der Waals surface area contributed by atoms with Gasteiger partial charge in [0, 0.05) is 128 Å². The van der Waals surface area contributed by atoms with Crippen molar-refractivity contribution in [3.05, 3.63) is 85.2 Å². The highest BCUT2D eigenvalue weighted by Gasteiger charge is 2.44. The van der Waals surface area contributed by atoms with Gasteiger partial charge in [0.1, 0.15) is 17.8 Å². The van der Waals surface area contributed by atoms with Gasteiger partial charge in [-0.3, -0.25) is 28.4 Å². The van der Waals surface area contributed by atoms with Crippen molar-refractivity contribution in [2.24, 2.45) is 0 Å². The number of hydrogen-bond donors (Lipinski definition) is 2. The number of hydrogen-bond acceptors (Lipinski definition) is 16. The molecular weight excluding hydrogens is 1300 g/mol. The summed E-state index contributed by atoms with van der Waals surface area (Å²) in [4.78, 5) is 60.5. The summed E-state index contributed by atoms with van der Waals surface area (Å²) in [6, 6.07) is 12.6. The van der Waals surface area contributed by atoms with Crippen molar-refractivity contribution in [3.63, 3.8) is 0 Å². The van der Waals surface area contributed by atoms with E-state index in [1.807, 2.05) is 95.4 Å². The molecule has 6 aromatic rings. The minimum atomic E-state index is -0.731. The van der Waals surface area contributed by atoms with Crippen LogP contribution in [0, 0.1) is 20.8 Å². The Labute approximate surface area is 585 Å². The van der Waals surface area contributed by atoms with Gasteiger partial charge in [0.25, 0.3) is 17.7 Å². The molecule has 3 aliphatic heterocycles. The highest BCUT2D eigenvalue weighted by molar-refractivity contribution is 6.36. The van der Waals surface area contributed by atoms with Crippen molar-refractivity contribution in [1.82, 2.24) is 59.6 Å². The van der Waals surface area contributed by atoms with Crippen LogP contribution in [0.3, 0.4) is 0 Å². The van der Waals surface area contributed by atoms with Gasteiger partial charge in [-0.25, -0.2) is 4.79 Å². The van der Waals surface area contributed by atoms with Crippen LogP contribution in [-0.2, 0) is 67.2 Å². The zero-order valence-electron chi connectivity index (χ0n) is 58.7. The fourth-order valence-corrected chi connectivity index (χ4v) is 14.6. The summed E-state index contributed by atoms with van der Waals surface area (Å²) in [6.45, 7) is 26.6. The highest BCUT2D eigenvalue weighted by Crippen LogP contribution is 2.42. The molecule has 3 aromatic heterocycles. The molecule has 3 saturated heterocycles. The highest BCUT2D eigenvalue weighted by atomic mass is 35.5. The minimum Gasteiger partial charge on any atom is -0.444 e. The van der Waals surface area contributed by atoms with Crippen molar-refractivity contribution in [2.75, 3.05) is 100 Å². The normalized spacial score (nSPS) is 20.0. The number of nitrogens with zero attached hydrogens (tertiary/aromatic N) is 10. The summed E-state index contributed by atoms with van der Waals surface area (Å²) in [5.41, 5.74) is 8.11. The van der Waals surface area contributed by atoms with Gasteiger partial charge >= 0.3 is 6.09 Å². The van der Waals surface area contributed by atoms with E-state index >= 15 is 0 Å². The third-order valence-corrected chi connectivity index (χ3v) is 19.7. The van der Waals surface area contributed by atoms with Crippen molar-refractivity contribution in [3.8, 4) is 0 Å². The lowest BCUT2D eigenvalue weighted by molar-refractivity contribution is -0.152. The fourth-order valence-electron chi connectivity index (χ4n) is 13.5. The minimum absolute atomic E-state index is 0.0678. The number of fused-ring (bicyclic) bond motifs is 3. The Balaban J connectivity index is 0.000000159. The molecule has 0 bridgehead atoms. The van der Waals surface area contributed by atoms with Gasteiger partial charge in [-0.1, -0.05) is 34.8 Å². The third kappa shape index (κ3) is 18.1. The monoisotopic (exact) mass is 1400 g/mol. The van der Waals surface area contributed by atoms with Crippen LogP contribution in [0.15, 0.2) is 36.4 Å². The maximum atomic E-state index is 13.8. The molecule has 0 radical (unpaired) electrons. The summed E-state index contributed by atoms with van der Waals surface area (Å²) in [5.74, 6) is 0.0284. The lowest BCUT2D eigenvalue weighted by Gasteiger charge is -2.38. The average Bonchev–Trinajstić information content (AvgIpc) is 1.48. The molecule has 2 N–H and O–H groups in total. The van der Waals surface area contributed by atoms with Crippen LogP contribution in [-0.4, -0.2) is 215 Å². The number of methoxy groups -OCH3 is 3. The Morgan fingerprint density at radius 1 is 0.536 bits per heavy atom. The molecule has 0 spiro atoms. The summed E-state index contributed by atoms with van der Waals surface area (Å²) < 4.78 is 44.5. The number of aromatic nitrogens is 6. The van der Waals surface area contributed by atoms with E-state index in [4.69, 9.17) is 83.3 Å². The molecule has 4 amide bonds. The average molecular weight is 1410 g/mol. The third-order valence-electron chi connectivity index (χ3n) is 18.8. The first-order valence-electron chi connectivity index (χ1n) is 34.7. The first kappa shape index (κ1) is 74.0. The Hall–Kier alpha value is -5.70. The number of ether oxygens (including phenoxy) is 7. The lowest BCUT2D eigenvalue weighted by atomic mass is 10.0. The molecule has 6 atom stereocenters. The molecular formula is C71H101Cl3N12O11. The van der Waals surface area contributed by atoms with Gasteiger partial charge in [0.2, 0.25) is 0 Å². The molecule has 3 aromatic carbocycles. The first-order valence-corrected chi connectivity index (χ1v) is 35.8. The van der Waals surface area contributed by atoms with Crippen LogP contribution in [0.25, 0.3) is 32.7 Å². The number of amides is 4. The van der Waals surface area contributed by atoms with Crippen LogP contribution in [0.5, 0.6) is 0 Å². The zero-order valence-corrected chi connectivity index (χ0v) is 61.0. The van der Waals surface area contributed by atoms with E-state index in [2.05, 4.69) is 42.7 Å². The second-order valence-corrected chi connectivity index (χ2v) is 28.7. The van der Waals surface area contributed by atoms with Gasteiger partial charge in [-0.2, -0.15) is 15.3 Å². The Morgan fingerprint density at radius 2 is 0.866 bits per heavy atom. The van der Waals surface area contributed by atoms with Crippen LogP contribution in [0.4, 0.5) is 4.79 Å². The first-order chi connectivity index (χ1) is 46.5. The SMILES string of the molecule is COCCCn1nc(C)c2c(Cl)cc(C(C)N(C(=O)[C@H]3CN(C(=O)OC(C)(C)C)CCO3)C3CC3)cc21.COCCCn1nc(C)c2c(Cl)cc([C@@H](C)N(C(=O)[C@H]3CNCCO3)C3CC3)cc21.COCCCn1nc(C)c2c(Cl)cc([C@H](C)N(C(=O)[C@H]3CNCCO3)C3CC3)cc21. The zero-order chi connectivity index (χ0) is 69.4. The van der Waals surface area contributed by atoms with E-state index in [1.165, 1.54) is 0 Å². The molecule has 6 heterocycles. The Morgan fingerprint density at radius 3 is 1.16 bits per heavy atom. The molecule has 3 aliphatic carbocycles. The Kier molecular flexibility index (Phi) is 25.3. The summed E-state index contributed by atoms with van der Waals surface area (Å²) in [6.07, 6.45) is 6.67. The van der Waals surface area contributed by atoms with E-state index in [0.717, 1.165) is 150 Å². The maximum absolute atomic E-state index is 13.8. The van der Waals surface area contributed by atoms with E-state index < -0.39 is 30.0 Å². The summed E-state index contributed by atoms with van der Waals surface area (Å²) in [7, 11) is 5.10. The number of aryl methyl sites for hydroxylation is 6. The van der Waals surface area contributed by atoms with Gasteiger partial charge in [-0.05, 0) is 173 Å². The predicted molar refractivity (Wildman–Crippen MR) is 376 cm³/mol. The van der Waals surface area contributed by atoms with Crippen LogP contribution in [0.1, 0.15) is 151 Å². The number of halogens is 3. The van der Waals surface area contributed by atoms with Crippen LogP contribution < -0.4 is 10.6 Å². The molecule has 12 rings (SSSR count). The van der Waals surface area contributed by atoms with Gasteiger partial charge in [0.05, 0.1) is 93.2 Å². The molecule has 26 heteroatoms. The van der Waals surface area contributed by atoms with E-state index in [0.29, 0.717) is 80.9 Å². The maximum Gasteiger partial charge on any atom is 0.410 e. The van der Waals surface area contributed by atoms with Crippen LogP contribution in [0.2, 0.25) is 15.1 Å².